The number of methoxy groups -OCH3 is 1. The smallest absolute Gasteiger partial charge is 0.257 e. The third-order valence-corrected chi connectivity index (χ3v) is 2.58. The predicted molar refractivity (Wildman–Crippen MR) is 77.3 cm³/mol. The van der Waals surface area contributed by atoms with Gasteiger partial charge in [-0.1, -0.05) is 24.4 Å². The van der Waals surface area contributed by atoms with Crippen molar-refractivity contribution in [2.24, 2.45) is 5.73 Å². The first-order valence-corrected chi connectivity index (χ1v) is 6.33. The highest BCUT2D eigenvalue weighted by Gasteiger charge is 2.07. The summed E-state index contributed by atoms with van der Waals surface area (Å²) in [4.78, 5) is 11.8. The minimum atomic E-state index is -0.186. The molecular formula is C13H18N2O3S. The minimum absolute atomic E-state index is 0.0629. The number of nitrogens with one attached hydrogen (secondary N) is 1. The zero-order valence-electron chi connectivity index (χ0n) is 10.8. The van der Waals surface area contributed by atoms with Crippen LogP contribution >= 0.6 is 12.2 Å². The molecule has 0 spiro atoms. The first kappa shape index (κ1) is 15.4. The van der Waals surface area contributed by atoms with E-state index in [0.717, 1.165) is 6.42 Å². The average Bonchev–Trinajstić information content (AvgIpc) is 2.41. The van der Waals surface area contributed by atoms with Crippen LogP contribution < -0.4 is 15.8 Å². The summed E-state index contributed by atoms with van der Waals surface area (Å²) >= 11 is 4.91. The van der Waals surface area contributed by atoms with Crippen molar-refractivity contribution in [2.75, 3.05) is 26.9 Å². The van der Waals surface area contributed by atoms with Crippen molar-refractivity contribution in [1.29, 1.82) is 0 Å². The fraction of sp³-hybridized carbons (Fsp3) is 0.385. The zero-order chi connectivity index (χ0) is 14.1. The van der Waals surface area contributed by atoms with Gasteiger partial charge in [-0.15, -0.1) is 0 Å². The van der Waals surface area contributed by atoms with E-state index in [1.54, 1.807) is 25.3 Å². The Hall–Kier alpha value is -1.66. The molecule has 0 radical (unpaired) electrons. The van der Waals surface area contributed by atoms with Gasteiger partial charge in [0.15, 0.2) is 6.61 Å². The molecule has 0 aliphatic heterocycles. The van der Waals surface area contributed by atoms with Crippen LogP contribution in [0.15, 0.2) is 24.3 Å². The molecule has 3 N–H and O–H groups in total. The Bertz CT molecular complexity index is 438. The number of carbonyl (C=O) groups is 1. The van der Waals surface area contributed by atoms with Crippen LogP contribution in [-0.2, 0) is 9.53 Å². The molecule has 19 heavy (non-hydrogen) atoms. The summed E-state index contributed by atoms with van der Waals surface area (Å²) in [7, 11) is 1.62. The molecule has 1 aromatic carbocycles. The summed E-state index contributed by atoms with van der Waals surface area (Å²) in [5.74, 6) is 0.330. The van der Waals surface area contributed by atoms with Crippen LogP contribution in [0.2, 0.25) is 0 Å². The van der Waals surface area contributed by atoms with E-state index in [9.17, 15) is 4.79 Å². The van der Waals surface area contributed by atoms with E-state index >= 15 is 0 Å². The van der Waals surface area contributed by atoms with Gasteiger partial charge in [-0.2, -0.15) is 0 Å². The molecule has 1 rings (SSSR count). The lowest BCUT2D eigenvalue weighted by Crippen LogP contribution is -2.30. The number of carbonyl (C=O) groups excluding carboxylic acids is 1. The molecule has 0 fully saturated rings. The lowest BCUT2D eigenvalue weighted by atomic mass is 10.2. The summed E-state index contributed by atoms with van der Waals surface area (Å²) < 4.78 is 10.3. The third-order valence-electron chi connectivity index (χ3n) is 2.36. The van der Waals surface area contributed by atoms with Crippen LogP contribution in [0, 0.1) is 0 Å². The number of ether oxygens (including phenoxy) is 2. The van der Waals surface area contributed by atoms with Crippen molar-refractivity contribution in [3.8, 4) is 5.75 Å². The quantitative estimate of drug-likeness (QED) is 0.546. The van der Waals surface area contributed by atoms with E-state index in [2.05, 4.69) is 5.32 Å². The number of hydrogen-bond acceptors (Lipinski definition) is 4. The minimum Gasteiger partial charge on any atom is -0.483 e. The molecule has 0 aliphatic carbocycles. The van der Waals surface area contributed by atoms with Crippen molar-refractivity contribution in [3.05, 3.63) is 29.8 Å². The monoisotopic (exact) mass is 282 g/mol. The highest BCUT2D eigenvalue weighted by Crippen LogP contribution is 2.17. The van der Waals surface area contributed by atoms with Crippen LogP contribution in [0.4, 0.5) is 0 Å². The highest BCUT2D eigenvalue weighted by atomic mass is 32.1. The van der Waals surface area contributed by atoms with Crippen molar-refractivity contribution in [1.82, 2.24) is 5.32 Å². The van der Waals surface area contributed by atoms with Crippen LogP contribution in [0.1, 0.15) is 12.0 Å². The SMILES string of the molecule is COCCCNC(=O)COc1ccccc1C(N)=S. The Morgan fingerprint density at radius 1 is 1.42 bits per heavy atom. The van der Waals surface area contributed by atoms with Gasteiger partial charge in [0, 0.05) is 20.3 Å². The number of benzene rings is 1. The summed E-state index contributed by atoms with van der Waals surface area (Å²) in [6.07, 6.45) is 0.770. The second-order valence-corrected chi connectivity index (χ2v) is 4.29. The summed E-state index contributed by atoms with van der Waals surface area (Å²) in [5.41, 5.74) is 6.20. The van der Waals surface area contributed by atoms with Gasteiger partial charge in [-0.25, -0.2) is 0 Å². The van der Waals surface area contributed by atoms with Gasteiger partial charge in [-0.3, -0.25) is 4.79 Å². The Kier molecular flexibility index (Phi) is 6.84. The first-order valence-electron chi connectivity index (χ1n) is 5.92. The molecule has 0 saturated carbocycles. The largest absolute Gasteiger partial charge is 0.483 e. The van der Waals surface area contributed by atoms with Gasteiger partial charge in [-0.05, 0) is 18.6 Å². The predicted octanol–water partition coefficient (Wildman–Crippen LogP) is 0.852. The number of amides is 1. The van der Waals surface area contributed by atoms with Crippen molar-refractivity contribution in [3.63, 3.8) is 0 Å². The van der Waals surface area contributed by atoms with Crippen LogP contribution in [0.5, 0.6) is 5.75 Å². The van der Waals surface area contributed by atoms with Gasteiger partial charge in [0.2, 0.25) is 0 Å². The van der Waals surface area contributed by atoms with E-state index in [4.69, 9.17) is 27.4 Å². The summed E-state index contributed by atoms with van der Waals surface area (Å²) in [6, 6.07) is 7.10. The molecule has 104 valence electrons. The Balaban J connectivity index is 2.40. The summed E-state index contributed by atoms with van der Waals surface area (Å²) in [5, 5.41) is 2.73. The van der Waals surface area contributed by atoms with Crippen LogP contribution in [0.3, 0.4) is 0 Å². The standard InChI is InChI=1S/C13H18N2O3S/c1-17-8-4-7-15-12(16)9-18-11-6-3-2-5-10(11)13(14)19/h2-3,5-6H,4,7-9H2,1H3,(H2,14,19)(H,15,16). The molecule has 0 bridgehead atoms. The number of rotatable bonds is 8. The molecular weight excluding hydrogens is 264 g/mol. The lowest BCUT2D eigenvalue weighted by Gasteiger charge is -2.10. The molecule has 5 nitrogen and oxygen atoms in total. The van der Waals surface area contributed by atoms with E-state index in [1.165, 1.54) is 0 Å². The first-order chi connectivity index (χ1) is 9.15. The third kappa shape index (κ3) is 5.67. The molecule has 0 unspecified atom stereocenters. The topological polar surface area (TPSA) is 73.6 Å². The molecule has 6 heteroatoms. The Labute approximate surface area is 118 Å². The van der Waals surface area contributed by atoms with Crippen LogP contribution in [-0.4, -0.2) is 37.8 Å². The summed E-state index contributed by atoms with van der Waals surface area (Å²) in [6.45, 7) is 1.12. The van der Waals surface area contributed by atoms with Gasteiger partial charge in [0.1, 0.15) is 10.7 Å². The highest BCUT2D eigenvalue weighted by molar-refractivity contribution is 7.80. The van der Waals surface area contributed by atoms with Crippen molar-refractivity contribution in [2.45, 2.75) is 6.42 Å². The Morgan fingerprint density at radius 3 is 2.84 bits per heavy atom. The molecule has 0 atom stereocenters. The maximum absolute atomic E-state index is 11.5. The maximum Gasteiger partial charge on any atom is 0.257 e. The second-order valence-electron chi connectivity index (χ2n) is 3.85. The van der Waals surface area contributed by atoms with Gasteiger partial charge < -0.3 is 20.5 Å². The van der Waals surface area contributed by atoms with Gasteiger partial charge >= 0.3 is 0 Å². The molecule has 0 heterocycles. The molecule has 0 aliphatic rings. The second kappa shape index (κ2) is 8.44. The van der Waals surface area contributed by atoms with E-state index in [-0.39, 0.29) is 17.5 Å². The average molecular weight is 282 g/mol. The molecule has 1 aromatic rings. The number of nitrogens with two attached hydrogens (primary N) is 1. The fourth-order valence-electron chi connectivity index (χ4n) is 1.43. The van der Waals surface area contributed by atoms with Crippen molar-refractivity contribution < 1.29 is 14.3 Å². The number of hydrogen-bond donors (Lipinski definition) is 2. The number of para-hydroxylation sites is 1. The van der Waals surface area contributed by atoms with Gasteiger partial charge in [0.05, 0.1) is 5.56 Å². The normalized spacial score (nSPS) is 9.95. The lowest BCUT2D eigenvalue weighted by molar-refractivity contribution is -0.123. The molecule has 0 aromatic heterocycles. The van der Waals surface area contributed by atoms with Crippen molar-refractivity contribution >= 4 is 23.1 Å². The Morgan fingerprint density at radius 2 is 2.16 bits per heavy atom. The molecule has 0 saturated heterocycles. The van der Waals surface area contributed by atoms with E-state index in [1.807, 2.05) is 6.07 Å². The number of thiocarbonyl (C=S) groups is 1. The zero-order valence-corrected chi connectivity index (χ0v) is 11.7. The van der Waals surface area contributed by atoms with E-state index < -0.39 is 0 Å². The van der Waals surface area contributed by atoms with Crippen LogP contribution in [0.25, 0.3) is 0 Å². The fourth-order valence-corrected chi connectivity index (χ4v) is 1.60. The van der Waals surface area contributed by atoms with Gasteiger partial charge in [0.25, 0.3) is 5.91 Å². The molecule has 1 amide bonds. The maximum atomic E-state index is 11.5. The van der Waals surface area contributed by atoms with E-state index in [0.29, 0.717) is 24.5 Å².